The van der Waals surface area contributed by atoms with Crippen LogP contribution in [0.15, 0.2) is 76.3 Å². The molecule has 0 aromatic heterocycles. The van der Waals surface area contributed by atoms with Gasteiger partial charge in [0.15, 0.2) is 0 Å². The number of anilines is 1. The highest BCUT2D eigenvalue weighted by Crippen LogP contribution is 2.12. The molecule has 2 aromatic rings. The van der Waals surface area contributed by atoms with E-state index in [0.29, 0.717) is 0 Å². The van der Waals surface area contributed by atoms with E-state index < -0.39 is 0 Å². The highest BCUT2D eigenvalue weighted by Gasteiger charge is 1.89. The average molecular weight is 301 g/mol. The van der Waals surface area contributed by atoms with Crippen LogP contribution in [0, 0.1) is 0 Å². The van der Waals surface area contributed by atoms with Crippen LogP contribution in [0.3, 0.4) is 0 Å². The van der Waals surface area contributed by atoms with Crippen LogP contribution in [-0.2, 0) is 0 Å². The highest BCUT2D eigenvalue weighted by molar-refractivity contribution is 9.12. The van der Waals surface area contributed by atoms with Gasteiger partial charge in [-0.25, -0.2) is 0 Å². The van der Waals surface area contributed by atoms with E-state index in [2.05, 4.69) is 26.2 Å². The third kappa shape index (κ3) is 4.18. The summed E-state index contributed by atoms with van der Waals surface area (Å²) in [6.45, 7) is 0. The monoisotopic (exact) mass is 300 g/mol. The lowest BCUT2D eigenvalue weighted by atomic mass is 10.3. The van der Waals surface area contributed by atoms with Crippen LogP contribution < -0.4 is 5.32 Å². The fraction of sp³-hybridized carbons (Fsp3) is 0. The molecule has 90 valence electrons. The quantitative estimate of drug-likeness (QED) is 0.811. The number of hydrogen-bond donors (Lipinski definition) is 1. The number of benzene rings is 2. The Balaban J connectivity index is 1.96. The second-order valence-corrected chi connectivity index (χ2v) is 4.55. The summed E-state index contributed by atoms with van der Waals surface area (Å²) >= 11 is 3.44. The Labute approximate surface area is 115 Å². The number of rotatable bonds is 4. The lowest BCUT2D eigenvalue weighted by Gasteiger charge is -1.99. The van der Waals surface area contributed by atoms with Crippen LogP contribution in [0.25, 0.3) is 0 Å². The summed E-state index contributed by atoms with van der Waals surface area (Å²) in [4.78, 5) is 4.34. The molecule has 3 heteroatoms. The van der Waals surface area contributed by atoms with E-state index in [1.54, 1.807) is 6.21 Å². The number of allylic oxidation sites excluding steroid dienone is 1. The van der Waals surface area contributed by atoms with E-state index in [9.17, 15) is 0 Å². The first kappa shape index (κ1) is 12.6. The van der Waals surface area contributed by atoms with E-state index >= 15 is 0 Å². The smallest absolute Gasteiger partial charge is 0.0630 e. The normalized spacial score (nSPS) is 11.7. The fourth-order valence-electron chi connectivity index (χ4n) is 1.37. The molecule has 0 saturated heterocycles. The SMILES string of the molecule is BrC(/C=N/c1ccccc1)=C/Nc1ccccc1. The Morgan fingerprint density at radius 1 is 0.944 bits per heavy atom. The van der Waals surface area contributed by atoms with Gasteiger partial charge in [0.25, 0.3) is 0 Å². The number of nitrogens with zero attached hydrogens (tertiary/aromatic N) is 1. The molecular weight excluding hydrogens is 288 g/mol. The van der Waals surface area contributed by atoms with Crippen molar-refractivity contribution in [3.63, 3.8) is 0 Å². The first-order chi connectivity index (χ1) is 8.84. The summed E-state index contributed by atoms with van der Waals surface area (Å²) in [5.41, 5.74) is 1.98. The molecule has 0 aliphatic rings. The molecule has 0 aliphatic heterocycles. The molecule has 18 heavy (non-hydrogen) atoms. The van der Waals surface area contributed by atoms with Gasteiger partial charge < -0.3 is 5.32 Å². The summed E-state index contributed by atoms with van der Waals surface area (Å²) in [5.74, 6) is 0. The molecular formula is C15H13BrN2. The number of nitrogens with one attached hydrogen (secondary N) is 1. The van der Waals surface area contributed by atoms with E-state index in [4.69, 9.17) is 0 Å². The molecule has 0 bridgehead atoms. The zero-order chi connectivity index (χ0) is 12.6. The molecule has 0 fully saturated rings. The number of para-hydroxylation sites is 2. The van der Waals surface area contributed by atoms with Crippen molar-refractivity contribution in [2.45, 2.75) is 0 Å². The number of hydrogen-bond acceptors (Lipinski definition) is 2. The van der Waals surface area contributed by atoms with Crippen molar-refractivity contribution in [1.82, 2.24) is 0 Å². The molecule has 2 aromatic carbocycles. The van der Waals surface area contributed by atoms with Gasteiger partial charge in [-0.05, 0) is 40.2 Å². The topological polar surface area (TPSA) is 24.4 Å². The lowest BCUT2D eigenvalue weighted by Crippen LogP contribution is -1.88. The number of aliphatic imine (C=N–C) groups is 1. The predicted octanol–water partition coefficient (Wildman–Crippen LogP) is 4.74. The summed E-state index contributed by atoms with van der Waals surface area (Å²) in [6, 6.07) is 19.8. The number of halogens is 1. The zero-order valence-electron chi connectivity index (χ0n) is 9.75. The first-order valence-corrected chi connectivity index (χ1v) is 6.40. The van der Waals surface area contributed by atoms with Crippen molar-refractivity contribution in [3.05, 3.63) is 71.3 Å². The Kier molecular flexibility index (Phi) is 4.73. The van der Waals surface area contributed by atoms with Crippen LogP contribution in [0.1, 0.15) is 0 Å². The predicted molar refractivity (Wildman–Crippen MR) is 81.7 cm³/mol. The van der Waals surface area contributed by atoms with Crippen molar-refractivity contribution in [3.8, 4) is 0 Å². The fourth-order valence-corrected chi connectivity index (χ4v) is 1.59. The summed E-state index contributed by atoms with van der Waals surface area (Å²) < 4.78 is 0.884. The van der Waals surface area contributed by atoms with Crippen molar-refractivity contribution >= 4 is 33.5 Å². The van der Waals surface area contributed by atoms with Crippen LogP contribution in [-0.4, -0.2) is 6.21 Å². The Hall–Kier alpha value is -1.87. The van der Waals surface area contributed by atoms with Crippen LogP contribution in [0.4, 0.5) is 11.4 Å². The van der Waals surface area contributed by atoms with Gasteiger partial charge in [0.05, 0.1) is 10.2 Å². The van der Waals surface area contributed by atoms with Gasteiger partial charge in [-0.1, -0.05) is 36.4 Å². The minimum Gasteiger partial charge on any atom is -0.361 e. The highest BCUT2D eigenvalue weighted by atomic mass is 79.9. The van der Waals surface area contributed by atoms with Gasteiger partial charge in [-0.2, -0.15) is 0 Å². The second kappa shape index (κ2) is 6.77. The van der Waals surface area contributed by atoms with Gasteiger partial charge >= 0.3 is 0 Å². The van der Waals surface area contributed by atoms with Crippen LogP contribution >= 0.6 is 15.9 Å². The third-order valence-electron chi connectivity index (χ3n) is 2.24. The molecule has 0 radical (unpaired) electrons. The second-order valence-electron chi connectivity index (χ2n) is 3.63. The summed E-state index contributed by atoms with van der Waals surface area (Å²) in [5, 5.41) is 3.18. The van der Waals surface area contributed by atoms with E-state index in [1.165, 1.54) is 0 Å². The van der Waals surface area contributed by atoms with Crippen molar-refractivity contribution < 1.29 is 0 Å². The average Bonchev–Trinajstić information content (AvgIpc) is 2.45. The molecule has 0 spiro atoms. The van der Waals surface area contributed by atoms with E-state index in [-0.39, 0.29) is 0 Å². The minimum absolute atomic E-state index is 0.884. The third-order valence-corrected chi connectivity index (χ3v) is 2.68. The molecule has 0 saturated carbocycles. The van der Waals surface area contributed by atoms with Crippen molar-refractivity contribution in [2.75, 3.05) is 5.32 Å². The molecule has 1 N–H and O–H groups in total. The Morgan fingerprint density at radius 3 is 2.22 bits per heavy atom. The molecule has 0 heterocycles. The van der Waals surface area contributed by atoms with Gasteiger partial charge in [-0.15, -0.1) is 0 Å². The van der Waals surface area contributed by atoms with Crippen molar-refractivity contribution in [2.24, 2.45) is 4.99 Å². The minimum atomic E-state index is 0.884. The Bertz CT molecular complexity index is 533. The van der Waals surface area contributed by atoms with Gasteiger partial charge in [0.1, 0.15) is 0 Å². The maximum atomic E-state index is 4.34. The zero-order valence-corrected chi connectivity index (χ0v) is 11.3. The molecule has 0 atom stereocenters. The van der Waals surface area contributed by atoms with E-state index in [0.717, 1.165) is 15.9 Å². The summed E-state index contributed by atoms with van der Waals surface area (Å²) in [6.07, 6.45) is 3.63. The van der Waals surface area contributed by atoms with Gasteiger partial charge in [0, 0.05) is 18.1 Å². The van der Waals surface area contributed by atoms with E-state index in [1.807, 2.05) is 66.9 Å². The lowest BCUT2D eigenvalue weighted by molar-refractivity contribution is 1.53. The maximum Gasteiger partial charge on any atom is 0.0630 e. The maximum absolute atomic E-state index is 4.34. The molecule has 2 rings (SSSR count). The van der Waals surface area contributed by atoms with Crippen LogP contribution in [0.2, 0.25) is 0 Å². The van der Waals surface area contributed by atoms with Gasteiger partial charge in [0.2, 0.25) is 0 Å². The molecule has 0 amide bonds. The Morgan fingerprint density at radius 2 is 1.56 bits per heavy atom. The van der Waals surface area contributed by atoms with Crippen LogP contribution in [0.5, 0.6) is 0 Å². The first-order valence-electron chi connectivity index (χ1n) is 5.61. The molecule has 0 unspecified atom stereocenters. The largest absolute Gasteiger partial charge is 0.361 e. The van der Waals surface area contributed by atoms with Gasteiger partial charge in [-0.3, -0.25) is 4.99 Å². The molecule has 2 nitrogen and oxygen atoms in total. The summed E-state index contributed by atoms with van der Waals surface area (Å²) in [7, 11) is 0. The van der Waals surface area contributed by atoms with Crippen molar-refractivity contribution in [1.29, 1.82) is 0 Å². The standard InChI is InChI=1S/C15H13BrN2/c16-13(11-17-14-7-3-1-4-8-14)12-18-15-9-5-2-6-10-15/h1-12,17H/b13-11+,18-12+. The molecule has 0 aliphatic carbocycles.